The Morgan fingerprint density at radius 3 is 3.12 bits per heavy atom. The second-order valence-corrected chi connectivity index (χ2v) is 3.57. The molecule has 0 bridgehead atoms. The van der Waals surface area contributed by atoms with Gasteiger partial charge in [0.2, 0.25) is 5.91 Å². The normalized spacial score (nSPS) is 12.4. The lowest BCUT2D eigenvalue weighted by molar-refractivity contribution is -0.122. The van der Waals surface area contributed by atoms with E-state index in [-0.39, 0.29) is 5.91 Å². The minimum atomic E-state index is -0.455. The van der Waals surface area contributed by atoms with Crippen LogP contribution in [-0.2, 0) is 16.1 Å². The number of amides is 1. The Balaban J connectivity index is 1.94. The Labute approximate surface area is 94.9 Å². The number of rotatable bonds is 7. The summed E-state index contributed by atoms with van der Waals surface area (Å²) < 4.78 is 10.4. The first-order chi connectivity index (χ1) is 7.70. The summed E-state index contributed by atoms with van der Waals surface area (Å²) in [5.41, 5.74) is 5.39. The molecule has 1 atom stereocenters. The molecule has 1 heterocycles. The molecule has 5 nitrogen and oxygen atoms in total. The number of furan rings is 1. The van der Waals surface area contributed by atoms with Crippen molar-refractivity contribution in [2.24, 2.45) is 5.73 Å². The summed E-state index contributed by atoms with van der Waals surface area (Å²) in [5.74, 6) is 0.672. The molecule has 0 aliphatic heterocycles. The van der Waals surface area contributed by atoms with Gasteiger partial charge < -0.3 is 20.2 Å². The molecule has 0 aliphatic carbocycles. The quantitative estimate of drug-likeness (QED) is 0.669. The van der Waals surface area contributed by atoms with E-state index in [1.807, 2.05) is 12.1 Å². The predicted molar refractivity (Wildman–Crippen MR) is 59.6 cm³/mol. The first-order valence-corrected chi connectivity index (χ1v) is 5.33. The summed E-state index contributed by atoms with van der Waals surface area (Å²) in [6, 6.07) is 3.23. The van der Waals surface area contributed by atoms with E-state index >= 15 is 0 Å². The van der Waals surface area contributed by atoms with Gasteiger partial charge in [-0.25, -0.2) is 0 Å². The van der Waals surface area contributed by atoms with Crippen LogP contribution in [0.5, 0.6) is 0 Å². The van der Waals surface area contributed by atoms with Gasteiger partial charge in [0.05, 0.1) is 12.3 Å². The van der Waals surface area contributed by atoms with E-state index in [2.05, 4.69) is 5.32 Å². The summed E-state index contributed by atoms with van der Waals surface area (Å²) in [4.78, 5) is 11.1. The average molecular weight is 226 g/mol. The molecular weight excluding hydrogens is 208 g/mol. The van der Waals surface area contributed by atoms with Crippen molar-refractivity contribution in [3.05, 3.63) is 24.2 Å². The highest BCUT2D eigenvalue weighted by atomic mass is 16.5. The third-order valence-electron chi connectivity index (χ3n) is 2.00. The van der Waals surface area contributed by atoms with Crippen molar-refractivity contribution in [3.8, 4) is 0 Å². The van der Waals surface area contributed by atoms with Crippen molar-refractivity contribution in [2.45, 2.75) is 26.0 Å². The molecule has 0 spiro atoms. The summed E-state index contributed by atoms with van der Waals surface area (Å²) in [6.07, 6.45) is 2.38. The lowest BCUT2D eigenvalue weighted by atomic mass is 10.3. The zero-order chi connectivity index (χ0) is 11.8. The minimum Gasteiger partial charge on any atom is -0.467 e. The van der Waals surface area contributed by atoms with Crippen molar-refractivity contribution >= 4 is 5.91 Å². The maximum Gasteiger partial charge on any atom is 0.236 e. The molecule has 0 aliphatic rings. The van der Waals surface area contributed by atoms with Gasteiger partial charge in [-0.05, 0) is 25.5 Å². The Bertz CT molecular complexity index is 296. The van der Waals surface area contributed by atoms with Crippen LogP contribution in [0.3, 0.4) is 0 Å². The van der Waals surface area contributed by atoms with Crippen LogP contribution in [0.25, 0.3) is 0 Å². The number of carbonyl (C=O) groups excluding carboxylic acids is 1. The van der Waals surface area contributed by atoms with Gasteiger partial charge >= 0.3 is 0 Å². The fourth-order valence-electron chi connectivity index (χ4n) is 1.11. The van der Waals surface area contributed by atoms with Gasteiger partial charge in [0.1, 0.15) is 12.4 Å². The molecule has 90 valence electrons. The molecule has 0 aromatic carbocycles. The van der Waals surface area contributed by atoms with Crippen LogP contribution < -0.4 is 11.1 Å². The standard InChI is InChI=1S/C11H18N2O3/c1-9(12)11(14)13-5-3-6-15-8-10-4-2-7-16-10/h2,4,7,9H,3,5-6,8,12H2,1H3,(H,13,14)/t9-/m1/s1. The molecule has 5 heteroatoms. The van der Waals surface area contributed by atoms with Crippen molar-refractivity contribution in [2.75, 3.05) is 13.2 Å². The molecule has 0 unspecified atom stereocenters. The van der Waals surface area contributed by atoms with Gasteiger partial charge in [-0.3, -0.25) is 4.79 Å². The van der Waals surface area contributed by atoms with Crippen molar-refractivity contribution in [1.29, 1.82) is 0 Å². The summed E-state index contributed by atoms with van der Waals surface area (Å²) in [7, 11) is 0. The Hall–Kier alpha value is -1.33. The molecule has 3 N–H and O–H groups in total. The lowest BCUT2D eigenvalue weighted by Gasteiger charge is -2.07. The molecular formula is C11H18N2O3. The molecule has 0 saturated carbocycles. The maximum atomic E-state index is 11.1. The first-order valence-electron chi connectivity index (χ1n) is 5.33. The second-order valence-electron chi connectivity index (χ2n) is 3.57. The summed E-state index contributed by atoms with van der Waals surface area (Å²) in [6.45, 7) is 3.29. The molecule has 16 heavy (non-hydrogen) atoms. The molecule has 1 amide bonds. The molecule has 0 fully saturated rings. The number of hydrogen-bond donors (Lipinski definition) is 2. The Morgan fingerprint density at radius 1 is 1.69 bits per heavy atom. The monoisotopic (exact) mass is 226 g/mol. The molecule has 0 radical (unpaired) electrons. The minimum absolute atomic E-state index is 0.133. The van der Waals surface area contributed by atoms with E-state index in [0.717, 1.165) is 12.2 Å². The molecule has 0 saturated heterocycles. The highest BCUT2D eigenvalue weighted by Crippen LogP contribution is 2.01. The van der Waals surface area contributed by atoms with E-state index in [0.29, 0.717) is 19.8 Å². The van der Waals surface area contributed by atoms with E-state index in [4.69, 9.17) is 14.9 Å². The fourth-order valence-corrected chi connectivity index (χ4v) is 1.11. The topological polar surface area (TPSA) is 77.5 Å². The van der Waals surface area contributed by atoms with E-state index in [9.17, 15) is 4.79 Å². The summed E-state index contributed by atoms with van der Waals surface area (Å²) >= 11 is 0. The van der Waals surface area contributed by atoms with E-state index in [1.54, 1.807) is 13.2 Å². The summed E-state index contributed by atoms with van der Waals surface area (Å²) in [5, 5.41) is 2.71. The Morgan fingerprint density at radius 2 is 2.50 bits per heavy atom. The number of carbonyl (C=O) groups is 1. The van der Waals surface area contributed by atoms with Crippen molar-refractivity contribution in [3.63, 3.8) is 0 Å². The zero-order valence-electron chi connectivity index (χ0n) is 9.44. The lowest BCUT2D eigenvalue weighted by Crippen LogP contribution is -2.38. The number of nitrogens with two attached hydrogens (primary N) is 1. The van der Waals surface area contributed by atoms with Gasteiger partial charge in [0.25, 0.3) is 0 Å². The molecule has 1 rings (SSSR count). The van der Waals surface area contributed by atoms with Crippen LogP contribution in [0.15, 0.2) is 22.8 Å². The number of nitrogens with one attached hydrogen (secondary N) is 1. The van der Waals surface area contributed by atoms with Crippen LogP contribution in [0, 0.1) is 0 Å². The smallest absolute Gasteiger partial charge is 0.236 e. The van der Waals surface area contributed by atoms with Crippen LogP contribution in [0.1, 0.15) is 19.1 Å². The average Bonchev–Trinajstić information content (AvgIpc) is 2.75. The van der Waals surface area contributed by atoms with E-state index < -0.39 is 6.04 Å². The maximum absolute atomic E-state index is 11.1. The van der Waals surface area contributed by atoms with Crippen LogP contribution in [-0.4, -0.2) is 25.1 Å². The number of ether oxygens (including phenoxy) is 1. The Kier molecular flexibility index (Phi) is 5.60. The largest absolute Gasteiger partial charge is 0.467 e. The van der Waals surface area contributed by atoms with Crippen molar-refractivity contribution in [1.82, 2.24) is 5.32 Å². The highest BCUT2D eigenvalue weighted by Gasteiger charge is 2.04. The third-order valence-corrected chi connectivity index (χ3v) is 2.00. The van der Waals surface area contributed by atoms with Crippen molar-refractivity contribution < 1.29 is 13.9 Å². The first kappa shape index (κ1) is 12.7. The van der Waals surface area contributed by atoms with Gasteiger partial charge in [0, 0.05) is 13.2 Å². The van der Waals surface area contributed by atoms with Crippen LogP contribution >= 0.6 is 0 Å². The number of hydrogen-bond acceptors (Lipinski definition) is 4. The SMILES string of the molecule is C[C@@H](N)C(=O)NCCCOCc1ccco1. The molecule has 1 aromatic heterocycles. The van der Waals surface area contributed by atoms with Gasteiger partial charge in [0.15, 0.2) is 0 Å². The predicted octanol–water partition coefficient (Wildman–Crippen LogP) is 0.650. The molecule has 1 aromatic rings. The van der Waals surface area contributed by atoms with Crippen LogP contribution in [0.4, 0.5) is 0 Å². The second kappa shape index (κ2) is 7.03. The van der Waals surface area contributed by atoms with Gasteiger partial charge in [-0.1, -0.05) is 0 Å². The van der Waals surface area contributed by atoms with Gasteiger partial charge in [-0.15, -0.1) is 0 Å². The highest BCUT2D eigenvalue weighted by molar-refractivity contribution is 5.80. The third kappa shape index (κ3) is 4.95. The fraction of sp³-hybridized carbons (Fsp3) is 0.545. The van der Waals surface area contributed by atoms with E-state index in [1.165, 1.54) is 0 Å². The zero-order valence-corrected chi connectivity index (χ0v) is 9.44. The van der Waals surface area contributed by atoms with Crippen LogP contribution in [0.2, 0.25) is 0 Å². The van der Waals surface area contributed by atoms with Gasteiger partial charge in [-0.2, -0.15) is 0 Å².